The van der Waals surface area contributed by atoms with E-state index in [0.717, 1.165) is 41.9 Å². The molecule has 2 aromatic rings. The summed E-state index contributed by atoms with van der Waals surface area (Å²) in [4.78, 5) is 14.9. The number of nitrogens with zero attached hydrogens (tertiary/aromatic N) is 3. The molecule has 2 aliphatic rings. The first-order valence-corrected chi connectivity index (χ1v) is 8.26. The number of carbonyl (C=O) groups excluding carboxylic acids is 1. The van der Waals surface area contributed by atoms with Crippen LogP contribution >= 0.6 is 0 Å². The molecule has 114 valence electrons. The van der Waals surface area contributed by atoms with Gasteiger partial charge in [-0.25, -0.2) is 0 Å². The van der Waals surface area contributed by atoms with Gasteiger partial charge in [-0.05, 0) is 31.4 Å². The third kappa shape index (κ3) is 1.97. The number of amides is 1. The summed E-state index contributed by atoms with van der Waals surface area (Å²) in [5, 5.41) is 4.78. The van der Waals surface area contributed by atoms with E-state index in [4.69, 9.17) is 5.10 Å². The second-order valence-corrected chi connectivity index (χ2v) is 6.24. The van der Waals surface area contributed by atoms with Crippen LogP contribution in [0.25, 0.3) is 0 Å². The van der Waals surface area contributed by atoms with Crippen molar-refractivity contribution >= 4 is 11.6 Å². The number of benzene rings is 1. The average Bonchev–Trinajstić information content (AvgIpc) is 3.25. The Balaban J connectivity index is 1.76. The molecule has 0 bridgehead atoms. The first-order chi connectivity index (χ1) is 10.8. The zero-order valence-electron chi connectivity index (χ0n) is 13.0. The largest absolute Gasteiger partial charge is 0.302 e. The van der Waals surface area contributed by atoms with Gasteiger partial charge in [-0.1, -0.05) is 38.0 Å². The summed E-state index contributed by atoms with van der Waals surface area (Å²) in [6, 6.07) is 10.4. The van der Waals surface area contributed by atoms with Gasteiger partial charge in [0.1, 0.15) is 5.69 Å². The molecule has 4 heteroatoms. The molecule has 0 unspecified atom stereocenters. The van der Waals surface area contributed by atoms with Crippen LogP contribution in [0.1, 0.15) is 60.4 Å². The summed E-state index contributed by atoms with van der Waals surface area (Å²) in [5.41, 5.74) is 4.05. The predicted octanol–water partition coefficient (Wildman–Crippen LogP) is 3.72. The lowest BCUT2D eigenvalue weighted by molar-refractivity contribution is 0.0984. The van der Waals surface area contributed by atoms with Crippen LogP contribution in [0.2, 0.25) is 0 Å². The molecule has 2 heterocycles. The number of aromatic nitrogens is 2. The molecule has 1 aliphatic carbocycles. The summed E-state index contributed by atoms with van der Waals surface area (Å²) < 4.78 is 2.05. The number of rotatable bonds is 3. The molecule has 1 aliphatic heterocycles. The lowest BCUT2D eigenvalue weighted by atomic mass is 10.1. The van der Waals surface area contributed by atoms with Gasteiger partial charge in [0.15, 0.2) is 0 Å². The maximum atomic E-state index is 13.0. The van der Waals surface area contributed by atoms with Crippen LogP contribution < -0.4 is 4.90 Å². The summed E-state index contributed by atoms with van der Waals surface area (Å²) in [7, 11) is 0. The monoisotopic (exact) mass is 295 g/mol. The van der Waals surface area contributed by atoms with Crippen molar-refractivity contribution in [2.45, 2.75) is 51.6 Å². The topological polar surface area (TPSA) is 38.1 Å². The first kappa shape index (κ1) is 13.6. The minimum absolute atomic E-state index is 0.111. The molecule has 0 N–H and O–H groups in total. The van der Waals surface area contributed by atoms with Crippen molar-refractivity contribution in [1.29, 1.82) is 0 Å². The molecular weight excluding hydrogens is 274 g/mol. The number of anilines is 1. The molecule has 1 amide bonds. The minimum Gasteiger partial charge on any atom is -0.302 e. The fraction of sp³-hybridized carbons (Fsp3) is 0.444. The van der Waals surface area contributed by atoms with E-state index >= 15 is 0 Å². The molecule has 4 nitrogen and oxygen atoms in total. The lowest BCUT2D eigenvalue weighted by Gasteiger charge is -2.18. The molecule has 22 heavy (non-hydrogen) atoms. The Bertz CT molecular complexity index is 699. The number of carbonyl (C=O) groups is 1. The highest BCUT2D eigenvalue weighted by atomic mass is 16.2. The highest BCUT2D eigenvalue weighted by Crippen LogP contribution is 2.36. The van der Waals surface area contributed by atoms with E-state index in [1.807, 2.05) is 39.9 Å². The predicted molar refractivity (Wildman–Crippen MR) is 86.1 cm³/mol. The molecule has 0 atom stereocenters. The summed E-state index contributed by atoms with van der Waals surface area (Å²) in [6.07, 6.45) is 5.68. The maximum absolute atomic E-state index is 13.0. The van der Waals surface area contributed by atoms with Crippen molar-refractivity contribution in [2.24, 2.45) is 0 Å². The number of hydrogen-bond acceptors (Lipinski definition) is 2. The Hall–Kier alpha value is -2.10. The van der Waals surface area contributed by atoms with Gasteiger partial charge in [-0.15, -0.1) is 0 Å². The van der Waals surface area contributed by atoms with Crippen LogP contribution in [0.5, 0.6) is 0 Å². The second-order valence-electron chi connectivity index (χ2n) is 6.24. The molecule has 4 rings (SSSR count). The second kappa shape index (κ2) is 5.27. The van der Waals surface area contributed by atoms with E-state index in [2.05, 4.69) is 6.92 Å². The Morgan fingerprint density at radius 3 is 2.59 bits per heavy atom. The van der Waals surface area contributed by atoms with Crippen LogP contribution in [0.3, 0.4) is 0 Å². The van der Waals surface area contributed by atoms with Gasteiger partial charge in [-0.2, -0.15) is 5.10 Å². The van der Waals surface area contributed by atoms with Gasteiger partial charge < -0.3 is 4.90 Å². The van der Waals surface area contributed by atoms with Gasteiger partial charge in [0.2, 0.25) is 0 Å². The van der Waals surface area contributed by atoms with Crippen LogP contribution in [-0.2, 0) is 13.0 Å². The van der Waals surface area contributed by atoms with Crippen molar-refractivity contribution in [3.63, 3.8) is 0 Å². The highest BCUT2D eigenvalue weighted by molar-refractivity contribution is 6.09. The standard InChI is InChI=1S/C18H21N3O/c1-2-16-15-12-20(13-8-4-3-5-9-13)18(22)17(15)21(19-16)14-10-6-7-11-14/h3-5,8-9,14H,2,6-7,10-12H2,1H3. The zero-order chi connectivity index (χ0) is 15.1. The average molecular weight is 295 g/mol. The van der Waals surface area contributed by atoms with E-state index < -0.39 is 0 Å². The fourth-order valence-corrected chi connectivity index (χ4v) is 3.78. The van der Waals surface area contributed by atoms with Gasteiger partial charge in [0.05, 0.1) is 18.3 Å². The quantitative estimate of drug-likeness (QED) is 0.865. The van der Waals surface area contributed by atoms with Crippen molar-refractivity contribution in [1.82, 2.24) is 9.78 Å². The van der Waals surface area contributed by atoms with Crippen LogP contribution in [-0.4, -0.2) is 15.7 Å². The Morgan fingerprint density at radius 2 is 1.91 bits per heavy atom. The number of aryl methyl sites for hydroxylation is 1. The molecule has 0 spiro atoms. The van der Waals surface area contributed by atoms with E-state index in [1.54, 1.807) is 0 Å². The minimum atomic E-state index is 0.111. The van der Waals surface area contributed by atoms with Crippen LogP contribution in [0.15, 0.2) is 30.3 Å². The zero-order valence-corrected chi connectivity index (χ0v) is 13.0. The van der Waals surface area contributed by atoms with E-state index in [1.165, 1.54) is 12.8 Å². The molecule has 1 saturated carbocycles. The van der Waals surface area contributed by atoms with Crippen molar-refractivity contribution < 1.29 is 4.79 Å². The number of fused-ring (bicyclic) bond motifs is 1. The molecule has 0 saturated heterocycles. The SMILES string of the molecule is CCc1nn(C2CCCC2)c2c1CN(c1ccccc1)C2=O. The number of hydrogen-bond donors (Lipinski definition) is 0. The smallest absolute Gasteiger partial charge is 0.277 e. The van der Waals surface area contributed by atoms with Gasteiger partial charge >= 0.3 is 0 Å². The van der Waals surface area contributed by atoms with Gasteiger partial charge in [-0.3, -0.25) is 9.48 Å². The molecule has 1 aromatic carbocycles. The molecule has 1 aromatic heterocycles. The Labute approximate surface area is 130 Å². The summed E-state index contributed by atoms with van der Waals surface area (Å²) in [6.45, 7) is 2.78. The third-order valence-corrected chi connectivity index (χ3v) is 4.93. The maximum Gasteiger partial charge on any atom is 0.277 e. The molecule has 1 fully saturated rings. The lowest BCUT2D eigenvalue weighted by Crippen LogP contribution is -2.26. The van der Waals surface area contributed by atoms with E-state index in [0.29, 0.717) is 12.6 Å². The van der Waals surface area contributed by atoms with Gasteiger partial charge in [0.25, 0.3) is 5.91 Å². The molecular formula is C18H21N3O. The Morgan fingerprint density at radius 1 is 1.18 bits per heavy atom. The Kier molecular flexibility index (Phi) is 3.25. The first-order valence-electron chi connectivity index (χ1n) is 8.26. The number of para-hydroxylation sites is 1. The van der Waals surface area contributed by atoms with Crippen LogP contribution in [0, 0.1) is 0 Å². The van der Waals surface area contributed by atoms with E-state index in [-0.39, 0.29) is 5.91 Å². The molecule has 0 radical (unpaired) electrons. The van der Waals surface area contributed by atoms with Crippen molar-refractivity contribution in [2.75, 3.05) is 4.90 Å². The normalized spacial score (nSPS) is 18.2. The van der Waals surface area contributed by atoms with Gasteiger partial charge in [0, 0.05) is 11.3 Å². The third-order valence-electron chi connectivity index (χ3n) is 4.93. The van der Waals surface area contributed by atoms with Crippen molar-refractivity contribution in [3.8, 4) is 0 Å². The van der Waals surface area contributed by atoms with Crippen molar-refractivity contribution in [3.05, 3.63) is 47.3 Å². The van der Waals surface area contributed by atoms with Crippen LogP contribution in [0.4, 0.5) is 5.69 Å². The fourth-order valence-electron chi connectivity index (χ4n) is 3.78. The highest BCUT2D eigenvalue weighted by Gasteiger charge is 2.37. The van der Waals surface area contributed by atoms with E-state index in [9.17, 15) is 4.79 Å². The summed E-state index contributed by atoms with van der Waals surface area (Å²) in [5.74, 6) is 0.111. The summed E-state index contributed by atoms with van der Waals surface area (Å²) >= 11 is 0.